The summed E-state index contributed by atoms with van der Waals surface area (Å²) in [5.41, 5.74) is -0.303. The van der Waals surface area contributed by atoms with Gasteiger partial charge in [-0.2, -0.15) is 13.2 Å². The van der Waals surface area contributed by atoms with Crippen LogP contribution in [0, 0.1) is 17.8 Å². The van der Waals surface area contributed by atoms with E-state index in [1.807, 2.05) is 32.4 Å². The number of sulfonamides is 1. The number of carbonyl (C=O) groups is 5. The van der Waals surface area contributed by atoms with Crippen molar-refractivity contribution in [2.75, 3.05) is 39.7 Å². The highest BCUT2D eigenvalue weighted by molar-refractivity contribution is 7.90. The third-order valence-corrected chi connectivity index (χ3v) is 13.3. The van der Waals surface area contributed by atoms with E-state index in [4.69, 9.17) is 9.47 Å². The van der Waals surface area contributed by atoms with Crippen molar-refractivity contribution < 1.29 is 55.0 Å². The molecule has 0 radical (unpaired) electrons. The lowest BCUT2D eigenvalue weighted by Crippen LogP contribution is -2.60. The van der Waals surface area contributed by atoms with Crippen molar-refractivity contribution in [3.8, 4) is 0 Å². The maximum absolute atomic E-state index is 14.3. The molecule has 5 amide bonds. The molecule has 60 heavy (non-hydrogen) atoms. The van der Waals surface area contributed by atoms with Crippen molar-refractivity contribution >= 4 is 45.2 Å². The number of ether oxygens (including phenoxy) is 2. The van der Waals surface area contributed by atoms with Crippen molar-refractivity contribution in [1.29, 1.82) is 0 Å². The summed E-state index contributed by atoms with van der Waals surface area (Å²) in [6, 6.07) is 1.65. The molecule has 0 unspecified atom stereocenters. The Labute approximate surface area is 352 Å². The van der Waals surface area contributed by atoms with Gasteiger partial charge in [0.1, 0.15) is 6.04 Å². The van der Waals surface area contributed by atoms with Gasteiger partial charge in [0.15, 0.2) is 0 Å². The Balaban J connectivity index is 1.76. The van der Waals surface area contributed by atoms with Crippen molar-refractivity contribution in [2.24, 2.45) is 17.8 Å². The van der Waals surface area contributed by atoms with Gasteiger partial charge in [0.2, 0.25) is 23.6 Å². The second-order valence-electron chi connectivity index (χ2n) is 16.6. The summed E-state index contributed by atoms with van der Waals surface area (Å²) in [5, 5.41) is 4.69. The van der Waals surface area contributed by atoms with Crippen LogP contribution in [0.25, 0.3) is 0 Å². The minimum atomic E-state index is -5.14. The third kappa shape index (κ3) is 12.6. The maximum atomic E-state index is 14.3. The zero-order chi connectivity index (χ0) is 45.3. The van der Waals surface area contributed by atoms with E-state index in [1.54, 1.807) is 22.2 Å². The van der Waals surface area contributed by atoms with E-state index in [0.29, 0.717) is 32.2 Å². The molecule has 0 bridgehead atoms. The van der Waals surface area contributed by atoms with E-state index in [2.05, 4.69) is 24.1 Å². The molecule has 2 aliphatic heterocycles. The lowest BCUT2D eigenvalue weighted by molar-refractivity contribution is -0.167. The van der Waals surface area contributed by atoms with Crippen molar-refractivity contribution in [1.82, 2.24) is 24.7 Å². The number of hydrogen-bond donors (Lipinski definition) is 3. The lowest BCUT2D eigenvalue weighted by atomic mass is 9.89. The second kappa shape index (κ2) is 21.8. The number of rotatable bonds is 19. The molecule has 2 saturated heterocycles. The number of carbonyl (C=O) groups excluding carboxylic acids is 5. The zero-order valence-corrected chi connectivity index (χ0v) is 37.3. The Morgan fingerprint density at radius 3 is 2.08 bits per heavy atom. The molecule has 1 aromatic carbocycles. The molecule has 0 aromatic heterocycles. The molecule has 0 aliphatic carbocycles. The van der Waals surface area contributed by atoms with Crippen LogP contribution < -0.4 is 15.4 Å². The minimum Gasteiger partial charge on any atom is -0.379 e. The summed E-state index contributed by atoms with van der Waals surface area (Å²) in [7, 11) is 0.00631. The van der Waals surface area contributed by atoms with Crippen molar-refractivity contribution in [3.05, 3.63) is 24.3 Å². The van der Waals surface area contributed by atoms with E-state index in [0.717, 1.165) is 43.7 Å². The first-order valence-corrected chi connectivity index (χ1v) is 22.2. The van der Waals surface area contributed by atoms with Crippen molar-refractivity contribution in [2.45, 2.75) is 147 Å². The van der Waals surface area contributed by atoms with E-state index >= 15 is 0 Å². The quantitative estimate of drug-likeness (QED) is 0.181. The van der Waals surface area contributed by atoms with Crippen LogP contribution in [0.15, 0.2) is 29.2 Å². The average molecular weight is 875 g/mol. The summed E-state index contributed by atoms with van der Waals surface area (Å²) >= 11 is 0. The lowest BCUT2D eigenvalue weighted by Gasteiger charge is -2.41. The van der Waals surface area contributed by atoms with Crippen LogP contribution in [-0.4, -0.2) is 136 Å². The molecule has 1 aromatic rings. The third-order valence-electron chi connectivity index (χ3n) is 11.9. The molecule has 2 fully saturated rings. The SMILES string of the molecule is CC[C@H](C)[C@@H]([C@@H](CC(=O)N1CCC[C@H]1[C@H](OC)[C@@H](C)C(=O)NS(=O)(=O)c1ccc(NC(=O)C(F)(F)F)cc1)OC)N(C)C(=O)[C@@H](NC(=O)[C@H]1CCCCN1C(C)C)C(C)C. The molecule has 3 N–H and O–H groups in total. The topological polar surface area (TPSA) is 184 Å². The predicted molar refractivity (Wildman–Crippen MR) is 219 cm³/mol. The molecule has 8 atom stereocenters. The smallest absolute Gasteiger partial charge is 0.379 e. The number of alkyl halides is 3. The van der Waals surface area contributed by atoms with Crippen LogP contribution in [0.1, 0.15) is 93.4 Å². The Morgan fingerprint density at radius 1 is 0.917 bits per heavy atom. The van der Waals surface area contributed by atoms with Gasteiger partial charge >= 0.3 is 12.1 Å². The number of likely N-dealkylation sites (tertiary alicyclic amines) is 2. The number of benzene rings is 1. The summed E-state index contributed by atoms with van der Waals surface area (Å²) in [6.45, 7) is 14.5. The van der Waals surface area contributed by atoms with Gasteiger partial charge in [0.05, 0.1) is 47.6 Å². The van der Waals surface area contributed by atoms with Gasteiger partial charge in [-0.1, -0.05) is 47.5 Å². The first-order chi connectivity index (χ1) is 28.0. The molecule has 15 nitrogen and oxygen atoms in total. The molecule has 19 heteroatoms. The van der Waals surface area contributed by atoms with E-state index < -0.39 is 69.2 Å². The summed E-state index contributed by atoms with van der Waals surface area (Å²) in [6.07, 6.45) is -2.60. The van der Waals surface area contributed by atoms with Crippen LogP contribution in [0.4, 0.5) is 18.9 Å². The number of nitrogens with zero attached hydrogens (tertiary/aromatic N) is 3. The molecular weight excluding hydrogens is 810 g/mol. The molecule has 2 aliphatic rings. The average Bonchev–Trinajstić information content (AvgIpc) is 3.68. The number of halogens is 3. The van der Waals surface area contributed by atoms with Crippen LogP contribution in [-0.2, 0) is 43.5 Å². The fourth-order valence-corrected chi connectivity index (χ4v) is 9.41. The van der Waals surface area contributed by atoms with E-state index in [-0.39, 0.29) is 53.7 Å². The minimum absolute atomic E-state index is 0.114. The van der Waals surface area contributed by atoms with Crippen LogP contribution in [0.5, 0.6) is 0 Å². The Hall–Kier alpha value is -3.81. The molecular formula is C41H65F3N6O9S. The van der Waals surface area contributed by atoms with Gasteiger partial charge in [-0.3, -0.25) is 28.9 Å². The number of amides is 5. The van der Waals surface area contributed by atoms with Gasteiger partial charge in [-0.25, -0.2) is 13.1 Å². The van der Waals surface area contributed by atoms with E-state index in [9.17, 15) is 45.6 Å². The number of hydrogen-bond acceptors (Lipinski definition) is 10. The fraction of sp³-hybridized carbons (Fsp3) is 0.732. The highest BCUT2D eigenvalue weighted by Crippen LogP contribution is 2.30. The van der Waals surface area contributed by atoms with Crippen molar-refractivity contribution in [3.63, 3.8) is 0 Å². The molecule has 0 saturated carbocycles. The summed E-state index contributed by atoms with van der Waals surface area (Å²) < 4.78 is 77.8. The predicted octanol–water partition coefficient (Wildman–Crippen LogP) is 4.32. The van der Waals surface area contributed by atoms with Gasteiger partial charge in [-0.15, -0.1) is 0 Å². The fourth-order valence-electron chi connectivity index (χ4n) is 8.35. The number of methoxy groups -OCH3 is 2. The summed E-state index contributed by atoms with van der Waals surface area (Å²) in [5.74, 6) is -5.37. The summed E-state index contributed by atoms with van der Waals surface area (Å²) in [4.78, 5) is 71.8. The van der Waals surface area contributed by atoms with Crippen LogP contribution in [0.3, 0.4) is 0 Å². The van der Waals surface area contributed by atoms with Gasteiger partial charge in [0.25, 0.3) is 10.0 Å². The van der Waals surface area contributed by atoms with Crippen LogP contribution >= 0.6 is 0 Å². The maximum Gasteiger partial charge on any atom is 0.471 e. The Kier molecular flexibility index (Phi) is 18.4. The molecule has 0 spiro atoms. The highest BCUT2D eigenvalue weighted by atomic mass is 32.2. The number of piperidine rings is 1. The van der Waals surface area contributed by atoms with Crippen LogP contribution in [0.2, 0.25) is 0 Å². The Bertz CT molecular complexity index is 1750. The monoisotopic (exact) mass is 874 g/mol. The molecule has 340 valence electrons. The van der Waals surface area contributed by atoms with Gasteiger partial charge in [0, 0.05) is 39.5 Å². The molecule has 2 heterocycles. The molecule has 3 rings (SSSR count). The van der Waals surface area contributed by atoms with Gasteiger partial charge < -0.3 is 29.9 Å². The van der Waals surface area contributed by atoms with Gasteiger partial charge in [-0.05, 0) is 82.2 Å². The zero-order valence-electron chi connectivity index (χ0n) is 36.5. The highest BCUT2D eigenvalue weighted by Gasteiger charge is 2.44. The number of likely N-dealkylation sites (N-methyl/N-ethyl adjacent to an activating group) is 1. The Morgan fingerprint density at radius 2 is 1.55 bits per heavy atom. The second-order valence-corrected chi connectivity index (χ2v) is 18.3. The first-order valence-electron chi connectivity index (χ1n) is 20.7. The number of anilines is 1. The van der Waals surface area contributed by atoms with E-state index in [1.165, 1.54) is 21.1 Å². The standard InChI is InChI=1S/C41H65F3N6O9S/c1-11-26(6)35(48(8)39(54)34(24(2)3)46-38(53)31-15-12-13-21-49(31)25(4)5)32(58-9)23-33(51)50-22-14-16-30(50)36(59-10)27(7)37(52)47-60(56,57)29-19-17-28(18-20-29)45-40(55)41(42,43)44/h17-20,24-27,30-32,34-36H,11-16,21-23H2,1-10H3,(H,45,55)(H,46,53)(H,47,52)/t26-,27+,30-,31+,32+,34-,35-,36+/m0/s1. The largest absolute Gasteiger partial charge is 0.471 e. The number of nitrogens with one attached hydrogen (secondary N) is 3. The first kappa shape index (κ1) is 50.5. The normalized spacial score (nSPS) is 20.8.